The summed E-state index contributed by atoms with van der Waals surface area (Å²) in [5, 5.41) is 2.33. The average molecular weight is 282 g/mol. The highest BCUT2D eigenvalue weighted by Crippen LogP contribution is 2.22. The Hall–Kier alpha value is -1.49. The minimum Gasteiger partial charge on any atom is -0.321 e. The molecule has 1 N–H and O–H groups in total. The number of benzene rings is 1. The molecule has 3 nitrogen and oxygen atoms in total. The number of carbonyl (C=O) groups is 1. The van der Waals surface area contributed by atoms with E-state index in [-0.39, 0.29) is 11.6 Å². The molecule has 0 aromatic heterocycles. The summed E-state index contributed by atoms with van der Waals surface area (Å²) in [6.07, 6.45) is 3.24. The Kier molecular flexibility index (Phi) is 5.06. The Bertz CT molecular complexity index is 451. The van der Waals surface area contributed by atoms with Gasteiger partial charge in [-0.25, -0.2) is 8.78 Å². The molecule has 1 aromatic carbocycles. The van der Waals surface area contributed by atoms with Crippen molar-refractivity contribution in [2.75, 3.05) is 25.5 Å². The van der Waals surface area contributed by atoms with Crippen LogP contribution >= 0.6 is 0 Å². The lowest BCUT2D eigenvalue weighted by atomic mass is 9.92. The van der Waals surface area contributed by atoms with Gasteiger partial charge in [-0.15, -0.1) is 0 Å². The van der Waals surface area contributed by atoms with Crippen LogP contribution in [0.25, 0.3) is 0 Å². The van der Waals surface area contributed by atoms with E-state index in [9.17, 15) is 13.6 Å². The molecule has 0 spiro atoms. The fraction of sp³-hybridized carbons (Fsp3) is 0.533. The van der Waals surface area contributed by atoms with Gasteiger partial charge in [-0.2, -0.15) is 0 Å². The number of nitrogens with one attached hydrogen (secondary N) is 1. The highest BCUT2D eigenvalue weighted by atomic mass is 19.1. The lowest BCUT2D eigenvalue weighted by Crippen LogP contribution is -2.30. The first-order valence-corrected chi connectivity index (χ1v) is 6.98. The fourth-order valence-corrected chi connectivity index (χ4v) is 2.51. The van der Waals surface area contributed by atoms with Crippen LogP contribution in [0.1, 0.15) is 25.7 Å². The lowest BCUT2D eigenvalue weighted by molar-refractivity contribution is -0.116. The van der Waals surface area contributed by atoms with Crippen LogP contribution in [0, 0.1) is 17.6 Å². The summed E-state index contributed by atoms with van der Waals surface area (Å²) < 4.78 is 26.8. The third kappa shape index (κ3) is 4.00. The number of likely N-dealkylation sites (tertiary alicyclic amines) is 1. The van der Waals surface area contributed by atoms with Crippen LogP contribution in [0.3, 0.4) is 0 Å². The second kappa shape index (κ2) is 6.79. The van der Waals surface area contributed by atoms with Crippen LogP contribution in [-0.2, 0) is 4.79 Å². The number of halogens is 2. The molecule has 110 valence electrons. The van der Waals surface area contributed by atoms with E-state index in [1.807, 2.05) is 0 Å². The molecule has 5 heteroatoms. The third-order valence-electron chi connectivity index (χ3n) is 3.84. The first-order valence-electron chi connectivity index (χ1n) is 6.98. The summed E-state index contributed by atoms with van der Waals surface area (Å²) in [5.74, 6) is -1.27. The molecule has 0 aliphatic carbocycles. The quantitative estimate of drug-likeness (QED) is 0.920. The molecular weight excluding hydrogens is 262 g/mol. The average Bonchev–Trinajstić information content (AvgIpc) is 2.42. The SMILES string of the molecule is CN1CCC(CCC(=O)Nc2c(F)cccc2F)CC1. The standard InChI is InChI=1S/C15H20F2N2O/c1-19-9-7-11(8-10-19)5-6-14(20)18-15-12(16)3-2-4-13(15)17/h2-4,11H,5-10H2,1H3,(H,18,20). The monoisotopic (exact) mass is 282 g/mol. The molecular formula is C15H20F2N2O. The van der Waals surface area contributed by atoms with Gasteiger partial charge >= 0.3 is 0 Å². The fourth-order valence-electron chi connectivity index (χ4n) is 2.51. The van der Waals surface area contributed by atoms with Crippen molar-refractivity contribution in [3.8, 4) is 0 Å². The van der Waals surface area contributed by atoms with Gasteiger partial charge in [0.15, 0.2) is 0 Å². The Balaban J connectivity index is 1.81. The van der Waals surface area contributed by atoms with E-state index in [1.54, 1.807) is 0 Å². The number of amides is 1. The summed E-state index contributed by atoms with van der Waals surface area (Å²) in [6, 6.07) is 3.55. The minimum atomic E-state index is -0.738. The maximum Gasteiger partial charge on any atom is 0.224 e. The highest BCUT2D eigenvalue weighted by molar-refractivity contribution is 5.90. The van der Waals surface area contributed by atoms with E-state index < -0.39 is 11.6 Å². The molecule has 0 atom stereocenters. The van der Waals surface area contributed by atoms with Crippen LogP contribution in [-0.4, -0.2) is 30.9 Å². The molecule has 1 fully saturated rings. The topological polar surface area (TPSA) is 32.3 Å². The van der Waals surface area contributed by atoms with Gasteiger partial charge in [0.2, 0.25) is 5.91 Å². The molecule has 1 amide bonds. The molecule has 20 heavy (non-hydrogen) atoms. The van der Waals surface area contributed by atoms with Crippen LogP contribution < -0.4 is 5.32 Å². The van der Waals surface area contributed by atoms with Crippen molar-refractivity contribution in [2.45, 2.75) is 25.7 Å². The lowest BCUT2D eigenvalue weighted by Gasteiger charge is -2.28. The predicted octanol–water partition coefficient (Wildman–Crippen LogP) is 3.03. The number of hydrogen-bond donors (Lipinski definition) is 1. The largest absolute Gasteiger partial charge is 0.321 e. The van der Waals surface area contributed by atoms with Gasteiger partial charge in [0.05, 0.1) is 0 Å². The number of para-hydroxylation sites is 1. The van der Waals surface area contributed by atoms with Crippen molar-refractivity contribution in [3.63, 3.8) is 0 Å². The molecule has 0 bridgehead atoms. The normalized spacial score (nSPS) is 17.1. The Morgan fingerprint density at radius 2 is 1.90 bits per heavy atom. The zero-order valence-corrected chi connectivity index (χ0v) is 11.7. The number of piperidine rings is 1. The Labute approximate surface area is 118 Å². The van der Waals surface area contributed by atoms with Crippen LogP contribution in [0.4, 0.5) is 14.5 Å². The number of rotatable bonds is 4. The van der Waals surface area contributed by atoms with Crippen LogP contribution in [0.2, 0.25) is 0 Å². The maximum atomic E-state index is 13.4. The van der Waals surface area contributed by atoms with Gasteiger partial charge in [-0.05, 0) is 57.5 Å². The van der Waals surface area contributed by atoms with Crippen molar-refractivity contribution in [1.29, 1.82) is 0 Å². The van der Waals surface area contributed by atoms with Crippen molar-refractivity contribution >= 4 is 11.6 Å². The van der Waals surface area contributed by atoms with Crippen molar-refractivity contribution < 1.29 is 13.6 Å². The zero-order chi connectivity index (χ0) is 14.5. The molecule has 1 heterocycles. The second-order valence-electron chi connectivity index (χ2n) is 5.43. The molecule has 1 aliphatic rings. The molecule has 0 radical (unpaired) electrons. The molecule has 0 saturated carbocycles. The van der Waals surface area contributed by atoms with Crippen molar-refractivity contribution in [2.24, 2.45) is 5.92 Å². The Morgan fingerprint density at radius 3 is 2.50 bits per heavy atom. The van der Waals surface area contributed by atoms with E-state index in [1.165, 1.54) is 6.07 Å². The van der Waals surface area contributed by atoms with Crippen molar-refractivity contribution in [3.05, 3.63) is 29.8 Å². The van der Waals surface area contributed by atoms with Gasteiger partial charge < -0.3 is 10.2 Å². The smallest absolute Gasteiger partial charge is 0.224 e. The molecule has 1 aromatic rings. The van der Waals surface area contributed by atoms with Crippen molar-refractivity contribution in [1.82, 2.24) is 4.90 Å². The van der Waals surface area contributed by atoms with Crippen LogP contribution in [0.5, 0.6) is 0 Å². The molecule has 1 aliphatic heterocycles. The van der Waals surface area contributed by atoms with E-state index in [4.69, 9.17) is 0 Å². The van der Waals surface area contributed by atoms with E-state index in [2.05, 4.69) is 17.3 Å². The van der Waals surface area contributed by atoms with Gasteiger partial charge in [0.1, 0.15) is 17.3 Å². The number of anilines is 1. The van der Waals surface area contributed by atoms with Gasteiger partial charge in [-0.3, -0.25) is 4.79 Å². The number of carbonyl (C=O) groups excluding carboxylic acids is 1. The molecule has 1 saturated heterocycles. The van der Waals surface area contributed by atoms with E-state index >= 15 is 0 Å². The molecule has 0 unspecified atom stereocenters. The van der Waals surface area contributed by atoms with Gasteiger partial charge in [-0.1, -0.05) is 6.07 Å². The van der Waals surface area contributed by atoms with Crippen LogP contribution in [0.15, 0.2) is 18.2 Å². The minimum absolute atomic E-state index is 0.308. The summed E-state index contributed by atoms with van der Waals surface area (Å²) in [5.41, 5.74) is -0.346. The second-order valence-corrected chi connectivity index (χ2v) is 5.43. The number of nitrogens with zero attached hydrogens (tertiary/aromatic N) is 1. The maximum absolute atomic E-state index is 13.4. The summed E-state index contributed by atoms with van der Waals surface area (Å²) >= 11 is 0. The first-order chi connectivity index (χ1) is 9.56. The zero-order valence-electron chi connectivity index (χ0n) is 11.7. The third-order valence-corrected chi connectivity index (χ3v) is 3.84. The predicted molar refractivity (Wildman–Crippen MR) is 74.4 cm³/mol. The van der Waals surface area contributed by atoms with Gasteiger partial charge in [0.25, 0.3) is 0 Å². The van der Waals surface area contributed by atoms with E-state index in [0.717, 1.165) is 44.5 Å². The highest BCUT2D eigenvalue weighted by Gasteiger charge is 2.18. The van der Waals surface area contributed by atoms with Gasteiger partial charge in [0, 0.05) is 6.42 Å². The Morgan fingerprint density at radius 1 is 1.30 bits per heavy atom. The summed E-state index contributed by atoms with van der Waals surface area (Å²) in [4.78, 5) is 14.0. The summed E-state index contributed by atoms with van der Waals surface area (Å²) in [7, 11) is 2.09. The summed E-state index contributed by atoms with van der Waals surface area (Å²) in [6.45, 7) is 2.10. The first kappa shape index (κ1) is 14.9. The molecule has 2 rings (SSSR count). The van der Waals surface area contributed by atoms with E-state index in [0.29, 0.717) is 12.3 Å². The number of hydrogen-bond acceptors (Lipinski definition) is 2.